The van der Waals surface area contributed by atoms with Gasteiger partial charge in [0.1, 0.15) is 5.92 Å². The van der Waals surface area contributed by atoms with Gasteiger partial charge in [0.2, 0.25) is 11.8 Å². The van der Waals surface area contributed by atoms with Gasteiger partial charge >= 0.3 is 0 Å². The second-order valence-electron chi connectivity index (χ2n) is 5.44. The summed E-state index contributed by atoms with van der Waals surface area (Å²) in [6.45, 7) is 1.01. The summed E-state index contributed by atoms with van der Waals surface area (Å²) >= 11 is 0. The summed E-state index contributed by atoms with van der Waals surface area (Å²) in [5.41, 5.74) is 1.69. The number of hydrogen-bond donors (Lipinski definition) is 1. The van der Waals surface area contributed by atoms with Crippen molar-refractivity contribution in [1.82, 2.24) is 15.1 Å². The van der Waals surface area contributed by atoms with E-state index in [2.05, 4.69) is 10.2 Å². The van der Waals surface area contributed by atoms with E-state index in [1.165, 1.54) is 0 Å². The number of H-pyrrole nitrogens is 1. The van der Waals surface area contributed by atoms with Crippen LogP contribution < -0.4 is 4.90 Å². The Morgan fingerprint density at radius 1 is 1.36 bits per heavy atom. The predicted molar refractivity (Wildman–Crippen MR) is 82.0 cm³/mol. The largest absolute Gasteiger partial charge is 0.339 e. The Kier molecular flexibility index (Phi) is 3.91. The molecule has 0 spiro atoms. The molecule has 1 atom stereocenters. The third-order valence-corrected chi connectivity index (χ3v) is 3.91. The van der Waals surface area contributed by atoms with Crippen molar-refractivity contribution in [3.63, 3.8) is 0 Å². The van der Waals surface area contributed by atoms with Crippen molar-refractivity contribution in [3.8, 4) is 0 Å². The van der Waals surface area contributed by atoms with Crippen LogP contribution in [0.25, 0.3) is 0 Å². The lowest BCUT2D eigenvalue weighted by molar-refractivity contribution is -0.139. The summed E-state index contributed by atoms with van der Waals surface area (Å²) in [5, 5.41) is 6.68. The number of aromatic nitrogens is 2. The molecule has 0 aliphatic carbocycles. The van der Waals surface area contributed by atoms with Crippen LogP contribution in [0.15, 0.2) is 42.6 Å². The summed E-state index contributed by atoms with van der Waals surface area (Å²) in [7, 11) is 1.71. The van der Waals surface area contributed by atoms with Crippen LogP contribution in [0.1, 0.15) is 12.1 Å². The highest BCUT2D eigenvalue weighted by Crippen LogP contribution is 2.26. The van der Waals surface area contributed by atoms with Crippen molar-refractivity contribution in [2.45, 2.75) is 13.0 Å². The highest BCUT2D eigenvalue weighted by Gasteiger charge is 2.38. The molecule has 2 heterocycles. The number of nitrogens with one attached hydrogen (secondary N) is 1. The Morgan fingerprint density at radius 2 is 2.14 bits per heavy atom. The SMILES string of the molecule is CN(Cc1ccn[nH]1)C(=O)C1CCN(c2ccccc2)C1=O. The minimum Gasteiger partial charge on any atom is -0.339 e. The van der Waals surface area contributed by atoms with E-state index in [4.69, 9.17) is 0 Å². The fourth-order valence-corrected chi connectivity index (χ4v) is 2.75. The summed E-state index contributed by atoms with van der Waals surface area (Å²) in [6.07, 6.45) is 2.20. The summed E-state index contributed by atoms with van der Waals surface area (Å²) in [4.78, 5) is 28.3. The van der Waals surface area contributed by atoms with Gasteiger partial charge in [-0.3, -0.25) is 14.7 Å². The fourth-order valence-electron chi connectivity index (χ4n) is 2.75. The topological polar surface area (TPSA) is 69.3 Å². The van der Waals surface area contributed by atoms with Gasteiger partial charge in [0.15, 0.2) is 0 Å². The number of carbonyl (C=O) groups excluding carboxylic acids is 2. The van der Waals surface area contributed by atoms with Gasteiger partial charge in [0, 0.05) is 25.5 Å². The fraction of sp³-hybridized carbons (Fsp3) is 0.312. The number of nitrogens with zero attached hydrogens (tertiary/aromatic N) is 3. The Labute approximate surface area is 128 Å². The van der Waals surface area contributed by atoms with Crippen LogP contribution in [-0.2, 0) is 16.1 Å². The summed E-state index contributed by atoms with van der Waals surface area (Å²) < 4.78 is 0. The zero-order chi connectivity index (χ0) is 15.5. The molecule has 1 N–H and O–H groups in total. The van der Waals surface area contributed by atoms with Gasteiger partial charge in [-0.25, -0.2) is 0 Å². The molecule has 1 unspecified atom stereocenters. The quantitative estimate of drug-likeness (QED) is 0.868. The lowest BCUT2D eigenvalue weighted by atomic mass is 10.1. The second kappa shape index (κ2) is 6.01. The number of hydrogen-bond acceptors (Lipinski definition) is 3. The van der Waals surface area contributed by atoms with E-state index in [0.29, 0.717) is 19.5 Å². The number of aromatic amines is 1. The van der Waals surface area contributed by atoms with Gasteiger partial charge < -0.3 is 9.80 Å². The molecule has 6 heteroatoms. The third-order valence-electron chi connectivity index (χ3n) is 3.91. The van der Waals surface area contributed by atoms with Crippen LogP contribution in [0, 0.1) is 5.92 Å². The lowest BCUT2D eigenvalue weighted by Gasteiger charge is -2.20. The maximum absolute atomic E-state index is 12.5. The molecule has 114 valence electrons. The van der Waals surface area contributed by atoms with Crippen molar-refractivity contribution < 1.29 is 9.59 Å². The maximum atomic E-state index is 12.5. The number of para-hydroxylation sites is 1. The van der Waals surface area contributed by atoms with E-state index < -0.39 is 5.92 Å². The van der Waals surface area contributed by atoms with Gasteiger partial charge in [-0.2, -0.15) is 5.10 Å². The zero-order valence-corrected chi connectivity index (χ0v) is 12.4. The Hall–Kier alpha value is -2.63. The first-order valence-electron chi connectivity index (χ1n) is 7.26. The van der Waals surface area contributed by atoms with Crippen LogP contribution in [-0.4, -0.2) is 40.5 Å². The van der Waals surface area contributed by atoms with Crippen LogP contribution in [0.2, 0.25) is 0 Å². The first-order valence-corrected chi connectivity index (χ1v) is 7.26. The van der Waals surface area contributed by atoms with Crippen LogP contribution in [0.4, 0.5) is 5.69 Å². The van der Waals surface area contributed by atoms with E-state index in [-0.39, 0.29) is 11.8 Å². The molecule has 1 fully saturated rings. The molecule has 3 rings (SSSR count). The highest BCUT2D eigenvalue weighted by atomic mass is 16.2. The van der Waals surface area contributed by atoms with Crippen molar-refractivity contribution >= 4 is 17.5 Å². The van der Waals surface area contributed by atoms with Crippen LogP contribution in [0.3, 0.4) is 0 Å². The molecule has 2 amide bonds. The number of rotatable bonds is 4. The molecule has 1 aromatic carbocycles. The molecule has 22 heavy (non-hydrogen) atoms. The number of anilines is 1. The molecule has 0 radical (unpaired) electrons. The minimum absolute atomic E-state index is 0.118. The van der Waals surface area contributed by atoms with E-state index in [0.717, 1.165) is 11.4 Å². The van der Waals surface area contributed by atoms with Crippen molar-refractivity contribution in [2.75, 3.05) is 18.5 Å². The molecular formula is C16H18N4O2. The van der Waals surface area contributed by atoms with E-state index in [1.807, 2.05) is 36.4 Å². The highest BCUT2D eigenvalue weighted by molar-refractivity contribution is 6.09. The average Bonchev–Trinajstić information content (AvgIpc) is 3.17. The zero-order valence-electron chi connectivity index (χ0n) is 12.4. The second-order valence-corrected chi connectivity index (χ2v) is 5.44. The van der Waals surface area contributed by atoms with E-state index in [9.17, 15) is 9.59 Å². The molecule has 1 saturated heterocycles. The molecule has 1 aliphatic rings. The molecule has 2 aromatic rings. The van der Waals surface area contributed by atoms with Gasteiger partial charge in [-0.15, -0.1) is 0 Å². The Balaban J connectivity index is 1.68. The van der Waals surface area contributed by atoms with E-state index >= 15 is 0 Å². The monoisotopic (exact) mass is 298 g/mol. The van der Waals surface area contributed by atoms with Crippen LogP contribution in [0.5, 0.6) is 0 Å². The van der Waals surface area contributed by atoms with E-state index in [1.54, 1.807) is 23.0 Å². The number of amides is 2. The van der Waals surface area contributed by atoms with Crippen LogP contribution >= 0.6 is 0 Å². The van der Waals surface area contributed by atoms with Gasteiger partial charge in [0.25, 0.3) is 0 Å². The Bertz CT molecular complexity index is 654. The van der Waals surface area contributed by atoms with Gasteiger partial charge in [-0.05, 0) is 24.6 Å². The number of benzene rings is 1. The molecule has 6 nitrogen and oxygen atoms in total. The summed E-state index contributed by atoms with van der Waals surface area (Å²) in [6, 6.07) is 11.3. The molecule has 1 aliphatic heterocycles. The van der Waals surface area contributed by atoms with Crippen molar-refractivity contribution in [3.05, 3.63) is 48.3 Å². The molecular weight excluding hydrogens is 280 g/mol. The average molecular weight is 298 g/mol. The van der Waals surface area contributed by atoms with Crippen molar-refractivity contribution in [2.24, 2.45) is 5.92 Å². The smallest absolute Gasteiger partial charge is 0.239 e. The summed E-state index contributed by atoms with van der Waals surface area (Å²) in [5.74, 6) is -0.848. The van der Waals surface area contributed by atoms with Crippen molar-refractivity contribution in [1.29, 1.82) is 0 Å². The molecule has 0 saturated carbocycles. The normalized spacial score (nSPS) is 17.8. The predicted octanol–water partition coefficient (Wildman–Crippen LogP) is 1.42. The molecule has 0 bridgehead atoms. The first kappa shape index (κ1) is 14.3. The maximum Gasteiger partial charge on any atom is 0.239 e. The first-order chi connectivity index (χ1) is 10.7. The lowest BCUT2D eigenvalue weighted by Crippen LogP contribution is -2.37. The van der Waals surface area contributed by atoms with Gasteiger partial charge in [-0.1, -0.05) is 18.2 Å². The molecule has 1 aromatic heterocycles. The standard InChI is InChI=1S/C16H18N4O2/c1-19(11-12-7-9-17-18-12)15(21)14-8-10-20(16(14)22)13-5-3-2-4-6-13/h2-7,9,14H,8,10-11H2,1H3,(H,17,18). The Morgan fingerprint density at radius 3 is 2.82 bits per heavy atom. The minimum atomic E-state index is -0.590. The van der Waals surface area contributed by atoms with Gasteiger partial charge in [0.05, 0.1) is 12.2 Å². The third kappa shape index (κ3) is 2.72. The number of carbonyl (C=O) groups is 2.